The zero-order chi connectivity index (χ0) is 13.7. The minimum atomic E-state index is -0.404. The number of hydrogen-bond acceptors (Lipinski definition) is 3. The van der Waals surface area contributed by atoms with Crippen molar-refractivity contribution < 1.29 is 9.90 Å². The lowest BCUT2D eigenvalue weighted by Crippen LogP contribution is -2.10. The predicted octanol–water partition coefficient (Wildman–Crippen LogP) is 2.57. The number of aliphatic hydroxyl groups excluding tert-OH is 1. The zero-order valence-corrected chi connectivity index (χ0v) is 11.2. The predicted molar refractivity (Wildman–Crippen MR) is 76.9 cm³/mol. The van der Waals surface area contributed by atoms with Gasteiger partial charge < -0.3 is 10.8 Å². The Balaban J connectivity index is 2.01. The van der Waals surface area contributed by atoms with Crippen molar-refractivity contribution in [1.29, 1.82) is 0 Å². The van der Waals surface area contributed by atoms with Gasteiger partial charge in [0.15, 0.2) is 0 Å². The van der Waals surface area contributed by atoms with Crippen LogP contribution in [0.2, 0.25) is 0 Å². The number of carbonyl (C=O) groups excluding carboxylic acids is 1. The molecule has 0 aliphatic carbocycles. The SMILES string of the molecule is NC(=O)c1cccc(CSc2ccc(CO)cc2)c1. The lowest BCUT2D eigenvalue weighted by atomic mass is 10.1. The van der Waals surface area contributed by atoms with Gasteiger partial charge in [0.25, 0.3) is 0 Å². The number of thioether (sulfide) groups is 1. The summed E-state index contributed by atoms with van der Waals surface area (Å²) in [7, 11) is 0. The van der Waals surface area contributed by atoms with Crippen molar-refractivity contribution in [3.8, 4) is 0 Å². The molecule has 3 N–H and O–H groups in total. The first-order chi connectivity index (χ1) is 9.19. The number of benzene rings is 2. The van der Waals surface area contributed by atoms with Gasteiger partial charge in [-0.05, 0) is 35.4 Å². The van der Waals surface area contributed by atoms with Crippen molar-refractivity contribution in [2.24, 2.45) is 5.73 Å². The number of amides is 1. The summed E-state index contributed by atoms with van der Waals surface area (Å²) >= 11 is 1.68. The van der Waals surface area contributed by atoms with Crippen molar-refractivity contribution in [3.05, 3.63) is 65.2 Å². The van der Waals surface area contributed by atoms with Gasteiger partial charge in [-0.1, -0.05) is 24.3 Å². The third-order valence-corrected chi connectivity index (χ3v) is 3.81. The highest BCUT2D eigenvalue weighted by Gasteiger charge is 2.02. The van der Waals surface area contributed by atoms with Crippen LogP contribution in [0, 0.1) is 0 Å². The molecule has 19 heavy (non-hydrogen) atoms. The van der Waals surface area contributed by atoms with Crippen LogP contribution in [0.4, 0.5) is 0 Å². The maximum atomic E-state index is 11.1. The standard InChI is InChI=1S/C15H15NO2S/c16-15(18)13-3-1-2-12(8-13)10-19-14-6-4-11(9-17)5-7-14/h1-8,17H,9-10H2,(H2,16,18). The Morgan fingerprint density at radius 3 is 2.47 bits per heavy atom. The fourth-order valence-electron chi connectivity index (χ4n) is 1.67. The molecule has 1 amide bonds. The van der Waals surface area contributed by atoms with Gasteiger partial charge in [0.2, 0.25) is 5.91 Å². The smallest absolute Gasteiger partial charge is 0.248 e. The van der Waals surface area contributed by atoms with Gasteiger partial charge in [0.1, 0.15) is 0 Å². The van der Waals surface area contributed by atoms with Crippen molar-refractivity contribution in [1.82, 2.24) is 0 Å². The second-order valence-corrected chi connectivity index (χ2v) is 5.20. The first-order valence-corrected chi connectivity index (χ1v) is 6.89. The van der Waals surface area contributed by atoms with E-state index in [2.05, 4.69) is 0 Å². The molecule has 3 nitrogen and oxygen atoms in total. The van der Waals surface area contributed by atoms with E-state index >= 15 is 0 Å². The quantitative estimate of drug-likeness (QED) is 0.823. The molecule has 0 unspecified atom stereocenters. The summed E-state index contributed by atoms with van der Waals surface area (Å²) in [4.78, 5) is 12.2. The van der Waals surface area contributed by atoms with Crippen LogP contribution in [0.5, 0.6) is 0 Å². The molecule has 0 bridgehead atoms. The Morgan fingerprint density at radius 2 is 1.84 bits per heavy atom. The van der Waals surface area contributed by atoms with Crippen LogP contribution in [-0.2, 0) is 12.4 Å². The number of carbonyl (C=O) groups is 1. The van der Waals surface area contributed by atoms with Gasteiger partial charge in [-0.15, -0.1) is 11.8 Å². The fourth-order valence-corrected chi connectivity index (χ4v) is 2.51. The van der Waals surface area contributed by atoms with Gasteiger partial charge in [-0.3, -0.25) is 4.79 Å². The van der Waals surface area contributed by atoms with Gasteiger partial charge >= 0.3 is 0 Å². The first kappa shape index (κ1) is 13.6. The van der Waals surface area contributed by atoms with Crippen molar-refractivity contribution in [2.75, 3.05) is 0 Å². The average molecular weight is 273 g/mol. The third kappa shape index (κ3) is 3.84. The van der Waals surface area contributed by atoms with Gasteiger partial charge in [0, 0.05) is 16.2 Å². The van der Waals surface area contributed by atoms with Crippen LogP contribution in [0.25, 0.3) is 0 Å². The summed E-state index contributed by atoms with van der Waals surface area (Å²) in [6.45, 7) is 0.0611. The molecule has 0 atom stereocenters. The summed E-state index contributed by atoms with van der Waals surface area (Å²) in [5.74, 6) is 0.374. The highest BCUT2D eigenvalue weighted by Crippen LogP contribution is 2.23. The number of hydrogen-bond donors (Lipinski definition) is 2. The summed E-state index contributed by atoms with van der Waals surface area (Å²) in [5.41, 5.74) is 7.75. The van der Waals surface area contributed by atoms with Crippen molar-refractivity contribution in [2.45, 2.75) is 17.3 Å². The Bertz CT molecular complexity index is 567. The normalized spacial score (nSPS) is 10.4. The molecule has 0 heterocycles. The summed E-state index contributed by atoms with van der Waals surface area (Å²) in [5, 5.41) is 8.97. The minimum absolute atomic E-state index is 0.0611. The Kier molecular flexibility index (Phi) is 4.60. The van der Waals surface area contributed by atoms with Gasteiger partial charge in [-0.2, -0.15) is 0 Å². The lowest BCUT2D eigenvalue weighted by molar-refractivity contribution is 0.1000. The Labute approximate surface area is 116 Å². The minimum Gasteiger partial charge on any atom is -0.392 e. The Morgan fingerprint density at radius 1 is 1.11 bits per heavy atom. The molecule has 4 heteroatoms. The highest BCUT2D eigenvalue weighted by molar-refractivity contribution is 7.98. The highest BCUT2D eigenvalue weighted by atomic mass is 32.2. The molecule has 0 aliphatic rings. The molecule has 0 saturated heterocycles. The summed E-state index contributed by atoms with van der Waals surface area (Å²) in [6.07, 6.45) is 0. The number of primary amides is 1. The van der Waals surface area contributed by atoms with E-state index in [1.54, 1.807) is 17.8 Å². The fraction of sp³-hybridized carbons (Fsp3) is 0.133. The van der Waals surface area contributed by atoms with Gasteiger partial charge in [0.05, 0.1) is 6.61 Å². The molecule has 0 saturated carbocycles. The van der Waals surface area contributed by atoms with E-state index in [4.69, 9.17) is 10.8 Å². The van der Waals surface area contributed by atoms with Crippen molar-refractivity contribution >= 4 is 17.7 Å². The monoisotopic (exact) mass is 273 g/mol. The van der Waals surface area contributed by atoms with Crippen LogP contribution in [0.15, 0.2) is 53.4 Å². The molecule has 0 radical (unpaired) electrons. The lowest BCUT2D eigenvalue weighted by Gasteiger charge is -2.04. The van der Waals surface area contributed by atoms with E-state index in [9.17, 15) is 4.79 Å². The summed E-state index contributed by atoms with van der Waals surface area (Å²) < 4.78 is 0. The number of aliphatic hydroxyl groups is 1. The van der Waals surface area contributed by atoms with Crippen LogP contribution in [-0.4, -0.2) is 11.0 Å². The number of rotatable bonds is 5. The topological polar surface area (TPSA) is 63.3 Å². The molecular formula is C15H15NO2S. The van der Waals surface area contributed by atoms with Crippen LogP contribution >= 0.6 is 11.8 Å². The van der Waals surface area contributed by atoms with E-state index in [-0.39, 0.29) is 6.61 Å². The second kappa shape index (κ2) is 6.41. The third-order valence-electron chi connectivity index (χ3n) is 2.72. The Hall–Kier alpha value is -1.78. The van der Waals surface area contributed by atoms with Crippen LogP contribution in [0.1, 0.15) is 21.5 Å². The molecule has 0 aliphatic heterocycles. The van der Waals surface area contributed by atoms with Crippen LogP contribution in [0.3, 0.4) is 0 Å². The maximum absolute atomic E-state index is 11.1. The largest absolute Gasteiger partial charge is 0.392 e. The zero-order valence-electron chi connectivity index (χ0n) is 10.4. The molecule has 0 fully saturated rings. The van der Waals surface area contributed by atoms with E-state index in [0.29, 0.717) is 5.56 Å². The average Bonchev–Trinajstić information content (AvgIpc) is 2.46. The first-order valence-electron chi connectivity index (χ1n) is 5.90. The van der Waals surface area contributed by atoms with E-state index in [1.807, 2.05) is 42.5 Å². The molecule has 2 rings (SSSR count). The van der Waals surface area contributed by atoms with Crippen LogP contribution < -0.4 is 5.73 Å². The molecule has 98 valence electrons. The maximum Gasteiger partial charge on any atom is 0.248 e. The van der Waals surface area contributed by atoms with Gasteiger partial charge in [-0.25, -0.2) is 0 Å². The van der Waals surface area contributed by atoms with E-state index < -0.39 is 5.91 Å². The molecule has 0 spiro atoms. The molecular weight excluding hydrogens is 258 g/mol. The van der Waals surface area contributed by atoms with E-state index in [0.717, 1.165) is 21.8 Å². The van der Waals surface area contributed by atoms with Crippen molar-refractivity contribution in [3.63, 3.8) is 0 Å². The number of nitrogens with two attached hydrogens (primary N) is 1. The molecule has 2 aromatic rings. The summed E-state index contributed by atoms with van der Waals surface area (Å²) in [6, 6.07) is 15.1. The molecule has 0 aromatic heterocycles. The molecule has 2 aromatic carbocycles. The van der Waals surface area contributed by atoms with E-state index in [1.165, 1.54) is 0 Å². The second-order valence-electron chi connectivity index (χ2n) is 4.16.